The van der Waals surface area contributed by atoms with Gasteiger partial charge in [-0.2, -0.15) is 5.01 Å². The summed E-state index contributed by atoms with van der Waals surface area (Å²) in [5, 5.41) is 27.3. The second kappa shape index (κ2) is 7.92. The third-order valence-electron chi connectivity index (χ3n) is 4.04. The zero-order chi connectivity index (χ0) is 21.1. The SMILES string of the molecule is CC(=O)N1N=C(COc2ccc(C)cc2[N+](=O)[O-])OC1c1cccc([N+](=O)[O-])c1. The van der Waals surface area contributed by atoms with Crippen LogP contribution in [-0.4, -0.2) is 33.3 Å². The Bertz CT molecular complexity index is 1020. The number of rotatable bonds is 6. The fourth-order valence-corrected chi connectivity index (χ4v) is 2.71. The fourth-order valence-electron chi connectivity index (χ4n) is 2.71. The Balaban J connectivity index is 1.79. The molecule has 0 aliphatic carbocycles. The molecule has 0 spiro atoms. The maximum absolute atomic E-state index is 11.9. The molecule has 2 aromatic carbocycles. The molecule has 0 aromatic heterocycles. The molecule has 1 aliphatic rings. The van der Waals surface area contributed by atoms with E-state index < -0.39 is 22.0 Å². The molecule has 0 saturated carbocycles. The minimum Gasteiger partial charge on any atom is -0.477 e. The van der Waals surface area contributed by atoms with Gasteiger partial charge in [-0.15, -0.1) is 5.10 Å². The summed E-state index contributed by atoms with van der Waals surface area (Å²) >= 11 is 0. The Morgan fingerprint density at radius 2 is 1.97 bits per heavy atom. The van der Waals surface area contributed by atoms with Gasteiger partial charge >= 0.3 is 5.69 Å². The van der Waals surface area contributed by atoms with Crippen molar-refractivity contribution in [2.75, 3.05) is 6.61 Å². The van der Waals surface area contributed by atoms with Crippen LogP contribution in [0.25, 0.3) is 0 Å². The number of nitro benzene ring substituents is 2. The van der Waals surface area contributed by atoms with Gasteiger partial charge in [0.1, 0.15) is 0 Å². The molecule has 2 aromatic rings. The molecule has 1 aliphatic heterocycles. The van der Waals surface area contributed by atoms with Crippen LogP contribution in [0.4, 0.5) is 11.4 Å². The molecule has 11 heteroatoms. The Labute approximate surface area is 164 Å². The van der Waals surface area contributed by atoms with E-state index in [-0.39, 0.29) is 29.6 Å². The molecule has 1 atom stereocenters. The first-order chi connectivity index (χ1) is 13.8. The lowest BCUT2D eigenvalue weighted by molar-refractivity contribution is -0.385. The van der Waals surface area contributed by atoms with Crippen LogP contribution in [0, 0.1) is 27.2 Å². The molecule has 1 amide bonds. The van der Waals surface area contributed by atoms with Gasteiger partial charge in [0.15, 0.2) is 12.4 Å². The summed E-state index contributed by atoms with van der Waals surface area (Å²) in [5.74, 6) is -0.413. The number of non-ortho nitro benzene ring substituents is 1. The van der Waals surface area contributed by atoms with Crippen molar-refractivity contribution < 1.29 is 24.1 Å². The zero-order valence-electron chi connectivity index (χ0n) is 15.5. The van der Waals surface area contributed by atoms with Crippen LogP contribution < -0.4 is 4.74 Å². The molecule has 11 nitrogen and oxygen atoms in total. The third kappa shape index (κ3) is 4.29. The van der Waals surface area contributed by atoms with Crippen molar-refractivity contribution in [2.45, 2.75) is 20.1 Å². The lowest BCUT2D eigenvalue weighted by Gasteiger charge is -2.19. The molecule has 0 saturated heterocycles. The summed E-state index contributed by atoms with van der Waals surface area (Å²) in [6, 6.07) is 10.1. The van der Waals surface area contributed by atoms with E-state index in [4.69, 9.17) is 9.47 Å². The second-order valence-electron chi connectivity index (χ2n) is 6.20. The normalized spacial score (nSPS) is 15.4. The van der Waals surface area contributed by atoms with Gasteiger partial charge in [-0.1, -0.05) is 18.2 Å². The van der Waals surface area contributed by atoms with E-state index in [1.165, 1.54) is 37.3 Å². The number of nitro groups is 2. The molecular formula is C18H16N4O7. The monoisotopic (exact) mass is 400 g/mol. The van der Waals surface area contributed by atoms with Crippen LogP contribution >= 0.6 is 0 Å². The average molecular weight is 400 g/mol. The van der Waals surface area contributed by atoms with Gasteiger partial charge in [0.2, 0.25) is 18.0 Å². The number of nitrogens with zero attached hydrogens (tertiary/aromatic N) is 4. The van der Waals surface area contributed by atoms with Gasteiger partial charge in [0.25, 0.3) is 5.69 Å². The van der Waals surface area contributed by atoms with E-state index in [0.717, 1.165) is 5.01 Å². The van der Waals surface area contributed by atoms with Crippen molar-refractivity contribution in [2.24, 2.45) is 5.10 Å². The Morgan fingerprint density at radius 1 is 1.21 bits per heavy atom. The van der Waals surface area contributed by atoms with E-state index in [1.807, 2.05) is 0 Å². The van der Waals surface area contributed by atoms with Gasteiger partial charge in [-0.05, 0) is 18.6 Å². The summed E-state index contributed by atoms with van der Waals surface area (Å²) < 4.78 is 11.1. The number of aryl methyl sites for hydroxylation is 1. The van der Waals surface area contributed by atoms with Crippen LogP contribution in [0.3, 0.4) is 0 Å². The number of benzene rings is 2. The quantitative estimate of drug-likeness (QED) is 0.536. The maximum atomic E-state index is 11.9. The van der Waals surface area contributed by atoms with Gasteiger partial charge in [-0.25, -0.2) is 0 Å². The van der Waals surface area contributed by atoms with E-state index in [2.05, 4.69) is 5.10 Å². The predicted octanol–water partition coefficient (Wildman–Crippen LogP) is 3.08. The standard InChI is InChI=1S/C18H16N4O7/c1-11-6-7-16(15(8-11)22(26)27)28-10-17-19-20(12(2)23)18(29-17)13-4-3-5-14(9-13)21(24)25/h3-9,18H,10H2,1-2H3. The lowest BCUT2D eigenvalue weighted by Crippen LogP contribution is -2.25. The second-order valence-corrected chi connectivity index (χ2v) is 6.20. The summed E-state index contributed by atoms with van der Waals surface area (Å²) in [5.41, 5.74) is 0.693. The summed E-state index contributed by atoms with van der Waals surface area (Å²) in [7, 11) is 0. The van der Waals surface area contributed by atoms with Gasteiger partial charge in [0, 0.05) is 30.7 Å². The number of hydrogen-bond donors (Lipinski definition) is 0. The molecule has 0 fully saturated rings. The molecule has 0 N–H and O–H groups in total. The Hall–Kier alpha value is -4.02. The number of carbonyl (C=O) groups excluding carboxylic acids is 1. The van der Waals surface area contributed by atoms with E-state index >= 15 is 0 Å². The smallest absolute Gasteiger partial charge is 0.311 e. The molecule has 150 valence electrons. The first-order valence-electron chi connectivity index (χ1n) is 8.42. The first-order valence-corrected chi connectivity index (χ1v) is 8.42. The molecular weight excluding hydrogens is 384 g/mol. The number of carbonyl (C=O) groups is 1. The van der Waals surface area contributed by atoms with Crippen molar-refractivity contribution in [1.82, 2.24) is 5.01 Å². The van der Waals surface area contributed by atoms with Crippen molar-refractivity contribution >= 4 is 23.2 Å². The van der Waals surface area contributed by atoms with Crippen LogP contribution in [-0.2, 0) is 9.53 Å². The van der Waals surface area contributed by atoms with Crippen LogP contribution in [0.15, 0.2) is 47.6 Å². The summed E-state index contributed by atoms with van der Waals surface area (Å²) in [6.45, 7) is 2.72. The van der Waals surface area contributed by atoms with Crippen LogP contribution in [0.1, 0.15) is 24.3 Å². The van der Waals surface area contributed by atoms with Gasteiger partial charge in [-0.3, -0.25) is 25.0 Å². The molecule has 1 unspecified atom stereocenters. The highest BCUT2D eigenvalue weighted by Gasteiger charge is 2.33. The van der Waals surface area contributed by atoms with E-state index in [1.54, 1.807) is 19.1 Å². The molecule has 3 rings (SSSR count). The molecule has 0 bridgehead atoms. The van der Waals surface area contributed by atoms with Gasteiger partial charge in [0.05, 0.1) is 9.85 Å². The maximum Gasteiger partial charge on any atom is 0.311 e. The van der Waals surface area contributed by atoms with E-state index in [9.17, 15) is 25.0 Å². The third-order valence-corrected chi connectivity index (χ3v) is 4.04. The summed E-state index contributed by atoms with van der Waals surface area (Å²) in [6.07, 6.45) is -1.00. The van der Waals surface area contributed by atoms with Crippen LogP contribution in [0.2, 0.25) is 0 Å². The Kier molecular flexibility index (Phi) is 5.39. The zero-order valence-corrected chi connectivity index (χ0v) is 15.5. The van der Waals surface area contributed by atoms with Gasteiger partial charge < -0.3 is 9.47 Å². The molecule has 1 heterocycles. The highest BCUT2D eigenvalue weighted by molar-refractivity contribution is 5.83. The first kappa shape index (κ1) is 19.7. The largest absolute Gasteiger partial charge is 0.477 e. The van der Waals surface area contributed by atoms with Crippen molar-refractivity contribution in [3.8, 4) is 5.75 Å². The number of amides is 1. The Morgan fingerprint density at radius 3 is 2.62 bits per heavy atom. The minimum atomic E-state index is -1.00. The predicted molar refractivity (Wildman–Crippen MR) is 100 cm³/mol. The van der Waals surface area contributed by atoms with Crippen molar-refractivity contribution in [1.29, 1.82) is 0 Å². The molecule has 0 radical (unpaired) electrons. The topological polar surface area (TPSA) is 137 Å². The fraction of sp³-hybridized carbons (Fsp3) is 0.222. The molecule has 29 heavy (non-hydrogen) atoms. The lowest BCUT2D eigenvalue weighted by atomic mass is 10.1. The highest BCUT2D eigenvalue weighted by atomic mass is 16.6. The number of hydrazone groups is 1. The summed E-state index contributed by atoms with van der Waals surface area (Å²) in [4.78, 5) is 33.0. The van der Waals surface area contributed by atoms with Crippen LogP contribution in [0.5, 0.6) is 5.75 Å². The highest BCUT2D eigenvalue weighted by Crippen LogP contribution is 2.32. The number of hydrogen-bond acceptors (Lipinski definition) is 8. The number of ether oxygens (including phenoxy) is 2. The van der Waals surface area contributed by atoms with Crippen molar-refractivity contribution in [3.63, 3.8) is 0 Å². The van der Waals surface area contributed by atoms with E-state index in [0.29, 0.717) is 11.1 Å². The minimum absolute atomic E-state index is 0.00609. The van der Waals surface area contributed by atoms with Crippen molar-refractivity contribution in [3.05, 3.63) is 73.8 Å². The average Bonchev–Trinajstić information content (AvgIpc) is 3.11.